The van der Waals surface area contributed by atoms with Crippen LogP contribution in [0.15, 0.2) is 65.3 Å². The van der Waals surface area contributed by atoms with Gasteiger partial charge in [-0.15, -0.1) is 0 Å². The molecule has 2 aromatic carbocycles. The van der Waals surface area contributed by atoms with Gasteiger partial charge in [0.1, 0.15) is 11.4 Å². The molecule has 4 rings (SSSR count). The lowest BCUT2D eigenvalue weighted by Gasteiger charge is -1.99. The fourth-order valence-electron chi connectivity index (χ4n) is 2.58. The maximum atomic E-state index is 5.53. The van der Waals surface area contributed by atoms with Crippen LogP contribution in [-0.2, 0) is 0 Å². The van der Waals surface area contributed by atoms with Gasteiger partial charge in [0.25, 0.3) is 0 Å². The highest BCUT2D eigenvalue weighted by Crippen LogP contribution is 2.31. The molecular formula is C18H14N2O2. The first-order valence-corrected chi connectivity index (χ1v) is 7.03. The number of H-pyrrole nitrogens is 1. The van der Waals surface area contributed by atoms with Crippen molar-refractivity contribution in [2.75, 3.05) is 7.11 Å². The van der Waals surface area contributed by atoms with Gasteiger partial charge in [-0.2, -0.15) is 0 Å². The van der Waals surface area contributed by atoms with Crippen LogP contribution in [0.2, 0.25) is 0 Å². The lowest BCUT2D eigenvalue weighted by molar-refractivity contribution is 0.415. The summed E-state index contributed by atoms with van der Waals surface area (Å²) < 4.78 is 10.7. The number of para-hydroxylation sites is 1. The Kier molecular flexibility index (Phi) is 2.93. The Morgan fingerprint density at radius 2 is 1.86 bits per heavy atom. The Morgan fingerprint density at radius 3 is 2.68 bits per heavy atom. The van der Waals surface area contributed by atoms with E-state index in [0.29, 0.717) is 0 Å². The SMILES string of the molecule is COc1ccc(-c2cc(-c3c[nH]c4ccccc34)on2)cc1. The zero-order chi connectivity index (χ0) is 14.9. The number of ether oxygens (including phenoxy) is 1. The first-order chi connectivity index (χ1) is 10.8. The number of aromatic amines is 1. The van der Waals surface area contributed by atoms with Gasteiger partial charge in [0, 0.05) is 34.3 Å². The molecule has 0 bridgehead atoms. The summed E-state index contributed by atoms with van der Waals surface area (Å²) in [5, 5.41) is 5.30. The Bertz CT molecular complexity index is 920. The summed E-state index contributed by atoms with van der Waals surface area (Å²) in [5.74, 6) is 1.58. The third kappa shape index (κ3) is 2.05. The van der Waals surface area contributed by atoms with Crippen LogP contribution in [0.1, 0.15) is 0 Å². The van der Waals surface area contributed by atoms with Gasteiger partial charge in [-0.25, -0.2) is 0 Å². The van der Waals surface area contributed by atoms with E-state index in [1.54, 1.807) is 7.11 Å². The van der Waals surface area contributed by atoms with Gasteiger partial charge < -0.3 is 14.2 Å². The van der Waals surface area contributed by atoms with Crippen molar-refractivity contribution < 1.29 is 9.26 Å². The first-order valence-electron chi connectivity index (χ1n) is 7.03. The summed E-state index contributed by atoms with van der Waals surface area (Å²) in [5.41, 5.74) is 3.90. The van der Waals surface area contributed by atoms with Crippen molar-refractivity contribution in [3.63, 3.8) is 0 Å². The molecule has 22 heavy (non-hydrogen) atoms. The summed E-state index contributed by atoms with van der Waals surface area (Å²) in [6.07, 6.45) is 1.95. The fourth-order valence-corrected chi connectivity index (χ4v) is 2.58. The average molecular weight is 290 g/mol. The average Bonchev–Trinajstić information content (AvgIpc) is 3.21. The zero-order valence-electron chi connectivity index (χ0n) is 12.0. The van der Waals surface area contributed by atoms with Crippen LogP contribution in [0.5, 0.6) is 5.75 Å². The molecule has 0 saturated heterocycles. The molecule has 4 aromatic rings. The minimum absolute atomic E-state index is 0.753. The van der Waals surface area contributed by atoms with Crippen molar-refractivity contribution in [1.82, 2.24) is 10.1 Å². The Morgan fingerprint density at radius 1 is 1.05 bits per heavy atom. The van der Waals surface area contributed by atoms with Gasteiger partial charge in [0.05, 0.1) is 7.11 Å². The minimum atomic E-state index is 0.753. The normalized spacial score (nSPS) is 11.0. The number of hydrogen-bond acceptors (Lipinski definition) is 3. The van der Waals surface area contributed by atoms with Crippen LogP contribution in [0.3, 0.4) is 0 Å². The molecular weight excluding hydrogens is 276 g/mol. The molecule has 0 aliphatic heterocycles. The molecule has 4 nitrogen and oxygen atoms in total. The summed E-state index contributed by atoms with van der Waals surface area (Å²) in [6, 6.07) is 17.8. The summed E-state index contributed by atoms with van der Waals surface area (Å²) in [4.78, 5) is 3.25. The van der Waals surface area contributed by atoms with Crippen molar-refractivity contribution in [2.45, 2.75) is 0 Å². The van der Waals surface area contributed by atoms with Crippen molar-refractivity contribution in [2.24, 2.45) is 0 Å². The van der Waals surface area contributed by atoms with Crippen molar-refractivity contribution in [1.29, 1.82) is 0 Å². The zero-order valence-corrected chi connectivity index (χ0v) is 12.0. The van der Waals surface area contributed by atoms with E-state index in [1.807, 2.05) is 54.7 Å². The van der Waals surface area contributed by atoms with Crippen LogP contribution in [0, 0.1) is 0 Å². The number of rotatable bonds is 3. The maximum absolute atomic E-state index is 5.53. The topological polar surface area (TPSA) is 51.0 Å². The van der Waals surface area contributed by atoms with Crippen LogP contribution >= 0.6 is 0 Å². The number of hydrogen-bond donors (Lipinski definition) is 1. The van der Waals surface area contributed by atoms with Gasteiger partial charge >= 0.3 is 0 Å². The highest BCUT2D eigenvalue weighted by Gasteiger charge is 2.12. The molecule has 4 heteroatoms. The van der Waals surface area contributed by atoms with Crippen LogP contribution in [-0.4, -0.2) is 17.3 Å². The number of aromatic nitrogens is 2. The van der Waals surface area contributed by atoms with E-state index in [9.17, 15) is 0 Å². The van der Waals surface area contributed by atoms with Crippen LogP contribution in [0.25, 0.3) is 33.5 Å². The van der Waals surface area contributed by atoms with E-state index in [2.05, 4.69) is 16.2 Å². The predicted molar refractivity (Wildman–Crippen MR) is 85.8 cm³/mol. The first kappa shape index (κ1) is 12.7. The van der Waals surface area contributed by atoms with E-state index in [-0.39, 0.29) is 0 Å². The number of benzene rings is 2. The summed E-state index contributed by atoms with van der Waals surface area (Å²) >= 11 is 0. The van der Waals surface area contributed by atoms with Gasteiger partial charge in [-0.1, -0.05) is 23.4 Å². The molecule has 0 amide bonds. The van der Waals surface area contributed by atoms with Crippen LogP contribution < -0.4 is 4.74 Å². The quantitative estimate of drug-likeness (QED) is 0.604. The number of fused-ring (bicyclic) bond motifs is 1. The molecule has 1 N–H and O–H groups in total. The number of methoxy groups -OCH3 is 1. The molecule has 0 aliphatic rings. The Hall–Kier alpha value is -3.01. The van der Waals surface area contributed by atoms with Crippen molar-refractivity contribution >= 4 is 10.9 Å². The van der Waals surface area contributed by atoms with E-state index in [1.165, 1.54) is 0 Å². The highest BCUT2D eigenvalue weighted by molar-refractivity contribution is 5.94. The number of nitrogens with one attached hydrogen (secondary N) is 1. The summed E-state index contributed by atoms with van der Waals surface area (Å²) in [6.45, 7) is 0. The second kappa shape index (κ2) is 5.07. The lowest BCUT2D eigenvalue weighted by Crippen LogP contribution is -1.82. The third-order valence-corrected chi connectivity index (χ3v) is 3.75. The van der Waals surface area contributed by atoms with E-state index in [0.717, 1.165) is 39.2 Å². The third-order valence-electron chi connectivity index (χ3n) is 3.75. The molecule has 0 atom stereocenters. The second-order valence-electron chi connectivity index (χ2n) is 5.05. The van der Waals surface area contributed by atoms with Gasteiger partial charge in [-0.3, -0.25) is 0 Å². The minimum Gasteiger partial charge on any atom is -0.497 e. The Balaban J connectivity index is 1.74. The molecule has 0 spiro atoms. The summed E-state index contributed by atoms with van der Waals surface area (Å²) in [7, 11) is 1.65. The largest absolute Gasteiger partial charge is 0.497 e. The molecule has 0 radical (unpaired) electrons. The molecule has 0 unspecified atom stereocenters. The van der Waals surface area contributed by atoms with Crippen LogP contribution in [0.4, 0.5) is 0 Å². The molecule has 2 heterocycles. The molecule has 0 aliphatic carbocycles. The van der Waals surface area contributed by atoms with E-state index >= 15 is 0 Å². The molecule has 2 aromatic heterocycles. The lowest BCUT2D eigenvalue weighted by atomic mass is 10.1. The fraction of sp³-hybridized carbons (Fsp3) is 0.0556. The molecule has 0 fully saturated rings. The van der Waals surface area contributed by atoms with Gasteiger partial charge in [-0.05, 0) is 30.3 Å². The Labute approximate surface area is 127 Å². The van der Waals surface area contributed by atoms with E-state index in [4.69, 9.17) is 9.26 Å². The maximum Gasteiger partial charge on any atom is 0.169 e. The predicted octanol–water partition coefficient (Wildman–Crippen LogP) is 4.50. The van der Waals surface area contributed by atoms with Crippen molar-refractivity contribution in [3.05, 3.63) is 60.8 Å². The van der Waals surface area contributed by atoms with Gasteiger partial charge in [0.15, 0.2) is 5.76 Å². The smallest absolute Gasteiger partial charge is 0.169 e. The second-order valence-corrected chi connectivity index (χ2v) is 5.05. The molecule has 108 valence electrons. The van der Waals surface area contributed by atoms with E-state index < -0.39 is 0 Å². The highest BCUT2D eigenvalue weighted by atomic mass is 16.5. The number of nitrogens with zero attached hydrogens (tertiary/aromatic N) is 1. The monoisotopic (exact) mass is 290 g/mol. The molecule has 0 saturated carbocycles. The van der Waals surface area contributed by atoms with Gasteiger partial charge in [0.2, 0.25) is 0 Å². The standard InChI is InChI=1S/C18H14N2O2/c1-21-13-8-6-12(7-9-13)17-10-18(22-20-17)15-11-19-16-5-3-2-4-14(15)16/h2-11,19H,1H3. The van der Waals surface area contributed by atoms with Crippen molar-refractivity contribution in [3.8, 4) is 28.3 Å².